The van der Waals surface area contributed by atoms with Crippen LogP contribution in [0.15, 0.2) is 58.1 Å². The monoisotopic (exact) mass is 404 g/mol. The Morgan fingerprint density at radius 2 is 1.80 bits per heavy atom. The van der Waals surface area contributed by atoms with E-state index >= 15 is 0 Å². The SMILES string of the molecule is COC(=O)c1cccc(-c2ccc(/C=N\N3C(=O)[C@@H]4[C@H](C3=O)[C@H]3C=C[C@H]4CC3)o2)c1. The van der Waals surface area contributed by atoms with Crippen LogP contribution >= 0.6 is 0 Å². The van der Waals surface area contributed by atoms with Crippen molar-refractivity contribution in [2.24, 2.45) is 28.8 Å². The summed E-state index contributed by atoms with van der Waals surface area (Å²) in [5, 5.41) is 5.16. The Kier molecular flexibility index (Phi) is 4.38. The van der Waals surface area contributed by atoms with Crippen molar-refractivity contribution in [2.45, 2.75) is 12.8 Å². The molecule has 2 fully saturated rings. The number of carbonyl (C=O) groups is 3. The molecule has 0 N–H and O–H groups in total. The minimum atomic E-state index is -0.429. The van der Waals surface area contributed by atoms with E-state index in [1.54, 1.807) is 30.3 Å². The molecule has 7 heteroatoms. The highest BCUT2D eigenvalue weighted by atomic mass is 16.5. The average Bonchev–Trinajstić information content (AvgIpc) is 3.37. The highest BCUT2D eigenvalue weighted by Gasteiger charge is 2.56. The third-order valence-electron chi connectivity index (χ3n) is 6.23. The van der Waals surface area contributed by atoms with Gasteiger partial charge in [0.1, 0.15) is 11.5 Å². The molecular formula is C23H20N2O5. The van der Waals surface area contributed by atoms with Crippen molar-refractivity contribution >= 4 is 24.0 Å². The number of carbonyl (C=O) groups excluding carboxylic acids is 3. The summed E-state index contributed by atoms with van der Waals surface area (Å²) in [5.74, 6) is -0.236. The van der Waals surface area contributed by atoms with Gasteiger partial charge in [0.2, 0.25) is 0 Å². The topological polar surface area (TPSA) is 89.2 Å². The van der Waals surface area contributed by atoms with E-state index in [0.717, 1.165) is 17.9 Å². The fourth-order valence-electron chi connectivity index (χ4n) is 4.78. The number of allylic oxidation sites excluding steroid dienone is 2. The summed E-state index contributed by atoms with van der Waals surface area (Å²) in [6, 6.07) is 10.3. The van der Waals surface area contributed by atoms with Gasteiger partial charge in [0, 0.05) is 5.56 Å². The molecule has 0 unspecified atom stereocenters. The predicted octanol–water partition coefficient (Wildman–Crippen LogP) is 3.26. The molecule has 4 atom stereocenters. The average molecular weight is 404 g/mol. The highest BCUT2D eigenvalue weighted by Crippen LogP contribution is 2.49. The van der Waals surface area contributed by atoms with Gasteiger partial charge in [-0.25, -0.2) is 4.79 Å². The Balaban J connectivity index is 1.35. The van der Waals surface area contributed by atoms with Crippen molar-refractivity contribution < 1.29 is 23.5 Å². The van der Waals surface area contributed by atoms with E-state index in [4.69, 9.17) is 9.15 Å². The van der Waals surface area contributed by atoms with E-state index in [-0.39, 0.29) is 35.5 Å². The van der Waals surface area contributed by atoms with Gasteiger partial charge in [-0.2, -0.15) is 10.1 Å². The first-order valence-electron chi connectivity index (χ1n) is 9.95. The van der Waals surface area contributed by atoms with Gasteiger partial charge >= 0.3 is 5.97 Å². The number of methoxy groups -OCH3 is 1. The molecule has 2 bridgehead atoms. The van der Waals surface area contributed by atoms with Crippen molar-refractivity contribution in [1.29, 1.82) is 0 Å². The van der Waals surface area contributed by atoms with Crippen molar-refractivity contribution in [3.8, 4) is 11.3 Å². The van der Waals surface area contributed by atoms with Crippen molar-refractivity contribution in [3.05, 3.63) is 59.9 Å². The molecule has 7 nitrogen and oxygen atoms in total. The number of hydrogen-bond donors (Lipinski definition) is 0. The number of benzene rings is 1. The van der Waals surface area contributed by atoms with Crippen LogP contribution in [-0.4, -0.2) is 36.1 Å². The molecule has 6 rings (SSSR count). The van der Waals surface area contributed by atoms with Gasteiger partial charge in [0.25, 0.3) is 11.8 Å². The lowest BCUT2D eigenvalue weighted by Crippen LogP contribution is -2.38. The van der Waals surface area contributed by atoms with Crippen LogP contribution in [0.3, 0.4) is 0 Å². The molecule has 4 aliphatic rings. The normalized spacial score (nSPS) is 27.2. The van der Waals surface area contributed by atoms with Gasteiger partial charge in [0.05, 0.1) is 30.7 Å². The maximum Gasteiger partial charge on any atom is 0.337 e. The Morgan fingerprint density at radius 3 is 2.43 bits per heavy atom. The van der Waals surface area contributed by atoms with Gasteiger partial charge < -0.3 is 9.15 Å². The van der Waals surface area contributed by atoms with Gasteiger partial charge in [0.15, 0.2) is 0 Å². The number of esters is 1. The van der Waals surface area contributed by atoms with Crippen LogP contribution in [-0.2, 0) is 14.3 Å². The van der Waals surface area contributed by atoms with Crippen molar-refractivity contribution in [3.63, 3.8) is 0 Å². The Morgan fingerprint density at radius 1 is 1.10 bits per heavy atom. The number of hydrogen-bond acceptors (Lipinski definition) is 6. The predicted molar refractivity (Wildman–Crippen MR) is 107 cm³/mol. The lowest BCUT2D eigenvalue weighted by molar-refractivity contribution is -0.140. The lowest BCUT2D eigenvalue weighted by atomic mass is 9.63. The van der Waals surface area contributed by atoms with Crippen LogP contribution in [0.4, 0.5) is 0 Å². The molecule has 30 heavy (non-hydrogen) atoms. The molecule has 152 valence electrons. The Labute approximate surface area is 173 Å². The fraction of sp³-hybridized carbons (Fsp3) is 0.304. The molecule has 1 saturated carbocycles. The number of nitrogens with zero attached hydrogens (tertiary/aromatic N) is 2. The zero-order valence-electron chi connectivity index (χ0n) is 16.4. The Bertz CT molecular complexity index is 1070. The first kappa shape index (κ1) is 18.5. The van der Waals surface area contributed by atoms with Crippen LogP contribution in [0.2, 0.25) is 0 Å². The van der Waals surface area contributed by atoms with Crippen molar-refractivity contribution in [2.75, 3.05) is 7.11 Å². The zero-order chi connectivity index (χ0) is 20.8. The first-order chi connectivity index (χ1) is 14.6. The molecule has 2 amide bonds. The number of amides is 2. The van der Waals surface area contributed by atoms with E-state index in [0.29, 0.717) is 22.6 Å². The molecule has 1 aromatic carbocycles. The van der Waals surface area contributed by atoms with E-state index in [9.17, 15) is 14.4 Å². The van der Waals surface area contributed by atoms with Gasteiger partial charge in [-0.1, -0.05) is 24.3 Å². The summed E-state index contributed by atoms with van der Waals surface area (Å²) in [6.45, 7) is 0. The van der Waals surface area contributed by atoms with Crippen LogP contribution < -0.4 is 0 Å². The minimum absolute atomic E-state index is 0.133. The summed E-state index contributed by atoms with van der Waals surface area (Å²) in [4.78, 5) is 37.3. The zero-order valence-corrected chi connectivity index (χ0v) is 16.4. The lowest BCUT2D eigenvalue weighted by Gasteiger charge is -2.37. The summed E-state index contributed by atoms with van der Waals surface area (Å²) in [6.07, 6.45) is 7.44. The van der Waals surface area contributed by atoms with E-state index in [1.807, 2.05) is 6.07 Å². The third kappa shape index (κ3) is 2.89. The molecule has 2 aromatic rings. The molecule has 1 aromatic heterocycles. The molecule has 3 aliphatic carbocycles. The molecule has 2 heterocycles. The van der Waals surface area contributed by atoms with Crippen LogP contribution in [0, 0.1) is 23.7 Å². The number of hydrazone groups is 1. The Hall–Kier alpha value is -3.48. The molecule has 0 spiro atoms. The standard InChI is InChI=1S/C23H20N2O5/c1-29-23(28)16-4-2-3-15(11-16)18-10-9-17(30-18)12-24-25-21(26)19-13-5-6-14(8-7-13)20(19)22(25)27/h2-6,9-14,19-20H,7-8H2,1H3/b24-12-/t13-,14-,19-,20+/m0/s1. The maximum absolute atomic E-state index is 12.8. The molecule has 0 radical (unpaired) electrons. The van der Waals surface area contributed by atoms with Gasteiger partial charge in [-0.3, -0.25) is 9.59 Å². The van der Waals surface area contributed by atoms with Crippen molar-refractivity contribution in [1.82, 2.24) is 5.01 Å². The summed E-state index contributed by atoms with van der Waals surface area (Å²) in [7, 11) is 1.33. The van der Waals surface area contributed by atoms with Crippen LogP contribution in [0.1, 0.15) is 29.0 Å². The number of imide groups is 1. The van der Waals surface area contributed by atoms with Crippen LogP contribution in [0.5, 0.6) is 0 Å². The first-order valence-corrected chi connectivity index (χ1v) is 9.95. The second-order valence-corrected chi connectivity index (χ2v) is 7.85. The quantitative estimate of drug-likeness (QED) is 0.338. The summed E-state index contributed by atoms with van der Waals surface area (Å²) in [5.41, 5.74) is 1.13. The second-order valence-electron chi connectivity index (χ2n) is 7.85. The minimum Gasteiger partial charge on any atom is -0.465 e. The molecule has 1 saturated heterocycles. The highest BCUT2D eigenvalue weighted by molar-refractivity contribution is 6.06. The third-order valence-corrected chi connectivity index (χ3v) is 6.23. The number of fused-ring (bicyclic) bond motifs is 1. The van der Waals surface area contributed by atoms with E-state index in [1.165, 1.54) is 13.3 Å². The van der Waals surface area contributed by atoms with E-state index < -0.39 is 5.97 Å². The van der Waals surface area contributed by atoms with E-state index in [2.05, 4.69) is 17.3 Å². The maximum atomic E-state index is 12.8. The van der Waals surface area contributed by atoms with Gasteiger partial charge in [-0.15, -0.1) is 0 Å². The fourth-order valence-corrected chi connectivity index (χ4v) is 4.78. The molecular weight excluding hydrogens is 384 g/mol. The largest absolute Gasteiger partial charge is 0.465 e. The second kappa shape index (κ2) is 7.09. The number of ether oxygens (including phenoxy) is 1. The number of rotatable bonds is 4. The smallest absolute Gasteiger partial charge is 0.337 e. The van der Waals surface area contributed by atoms with Gasteiger partial charge in [-0.05, 0) is 48.9 Å². The van der Waals surface area contributed by atoms with Crippen LogP contribution in [0.25, 0.3) is 11.3 Å². The summed E-state index contributed by atoms with van der Waals surface area (Å²) >= 11 is 0. The summed E-state index contributed by atoms with van der Waals surface area (Å²) < 4.78 is 10.5. The number of furan rings is 1. The molecule has 1 aliphatic heterocycles.